The molecule has 1 rings (SSSR count). The topological polar surface area (TPSA) is 29.5 Å². The standard InChI is InChI=1S/C11H19NO2S2/c1-3-14-10(13)9(2)16-11(15)12-7-5-4-6-8-12/h9H,3-8H2,1-2H3. The Morgan fingerprint density at radius 3 is 2.62 bits per heavy atom. The number of hydrogen-bond acceptors (Lipinski definition) is 4. The van der Waals surface area contributed by atoms with Gasteiger partial charge in [-0.05, 0) is 33.1 Å². The number of nitrogens with zero attached hydrogens (tertiary/aromatic N) is 1. The van der Waals surface area contributed by atoms with E-state index in [1.54, 1.807) is 0 Å². The normalized spacial score (nSPS) is 18.0. The van der Waals surface area contributed by atoms with Gasteiger partial charge < -0.3 is 9.64 Å². The van der Waals surface area contributed by atoms with Crippen molar-refractivity contribution in [3.05, 3.63) is 0 Å². The Morgan fingerprint density at radius 1 is 1.44 bits per heavy atom. The average Bonchev–Trinajstić information content (AvgIpc) is 2.30. The molecule has 0 amide bonds. The van der Waals surface area contributed by atoms with E-state index in [1.165, 1.54) is 31.0 Å². The lowest BCUT2D eigenvalue weighted by Crippen LogP contribution is -2.34. The number of carbonyl (C=O) groups is 1. The zero-order valence-corrected chi connectivity index (χ0v) is 11.5. The smallest absolute Gasteiger partial charge is 0.319 e. The maximum absolute atomic E-state index is 11.4. The SMILES string of the molecule is CCOC(=O)C(C)SC(=S)N1CCCCC1. The van der Waals surface area contributed by atoms with Crippen LogP contribution >= 0.6 is 24.0 Å². The van der Waals surface area contributed by atoms with Gasteiger partial charge in [-0.2, -0.15) is 0 Å². The highest BCUT2D eigenvalue weighted by atomic mass is 32.2. The highest BCUT2D eigenvalue weighted by molar-refractivity contribution is 8.23. The minimum atomic E-state index is -0.200. The van der Waals surface area contributed by atoms with Crippen LogP contribution in [0.5, 0.6) is 0 Å². The first kappa shape index (κ1) is 13.8. The number of carbonyl (C=O) groups excluding carboxylic acids is 1. The predicted molar refractivity (Wildman–Crippen MR) is 71.7 cm³/mol. The second-order valence-electron chi connectivity index (χ2n) is 3.83. The number of hydrogen-bond donors (Lipinski definition) is 0. The summed E-state index contributed by atoms with van der Waals surface area (Å²) in [6.45, 7) is 6.15. The van der Waals surface area contributed by atoms with Gasteiger partial charge in [0.1, 0.15) is 9.57 Å². The molecular formula is C11H19NO2S2. The van der Waals surface area contributed by atoms with E-state index in [4.69, 9.17) is 17.0 Å². The lowest BCUT2D eigenvalue weighted by molar-refractivity contribution is -0.142. The Hall–Kier alpha value is -0.290. The summed E-state index contributed by atoms with van der Waals surface area (Å²) in [6, 6.07) is 0. The maximum Gasteiger partial charge on any atom is 0.319 e. The van der Waals surface area contributed by atoms with Crippen LogP contribution in [0, 0.1) is 0 Å². The number of rotatable bonds is 3. The molecule has 0 bridgehead atoms. The van der Waals surface area contributed by atoms with E-state index in [9.17, 15) is 4.79 Å². The van der Waals surface area contributed by atoms with E-state index in [0.29, 0.717) is 6.61 Å². The van der Waals surface area contributed by atoms with Crippen molar-refractivity contribution < 1.29 is 9.53 Å². The minimum Gasteiger partial charge on any atom is -0.465 e. The fourth-order valence-electron chi connectivity index (χ4n) is 1.61. The van der Waals surface area contributed by atoms with Crippen molar-refractivity contribution in [1.29, 1.82) is 0 Å². The summed E-state index contributed by atoms with van der Waals surface area (Å²) < 4.78 is 5.79. The van der Waals surface area contributed by atoms with Crippen LogP contribution in [0.1, 0.15) is 33.1 Å². The fourth-order valence-corrected chi connectivity index (χ4v) is 3.02. The van der Waals surface area contributed by atoms with Crippen LogP contribution in [-0.2, 0) is 9.53 Å². The predicted octanol–water partition coefficient (Wildman–Crippen LogP) is 2.44. The lowest BCUT2D eigenvalue weighted by atomic mass is 10.1. The van der Waals surface area contributed by atoms with Crippen molar-refractivity contribution in [2.75, 3.05) is 19.7 Å². The summed E-state index contributed by atoms with van der Waals surface area (Å²) in [4.78, 5) is 13.6. The zero-order chi connectivity index (χ0) is 12.0. The molecular weight excluding hydrogens is 242 g/mol. The Balaban J connectivity index is 2.34. The van der Waals surface area contributed by atoms with Gasteiger partial charge in [0.2, 0.25) is 0 Å². The molecule has 16 heavy (non-hydrogen) atoms. The van der Waals surface area contributed by atoms with Crippen LogP contribution in [-0.4, -0.2) is 40.1 Å². The molecule has 1 saturated heterocycles. The lowest BCUT2D eigenvalue weighted by Gasteiger charge is -2.29. The molecule has 0 aromatic heterocycles. The summed E-state index contributed by atoms with van der Waals surface area (Å²) in [7, 11) is 0. The van der Waals surface area contributed by atoms with Gasteiger partial charge in [-0.1, -0.05) is 24.0 Å². The summed E-state index contributed by atoms with van der Waals surface area (Å²) in [5, 5.41) is -0.200. The first-order valence-electron chi connectivity index (χ1n) is 5.77. The number of ether oxygens (including phenoxy) is 1. The molecule has 3 nitrogen and oxygen atoms in total. The third-order valence-electron chi connectivity index (χ3n) is 2.51. The van der Waals surface area contributed by atoms with Crippen molar-refractivity contribution in [2.45, 2.75) is 38.4 Å². The average molecular weight is 261 g/mol. The Morgan fingerprint density at radius 2 is 2.06 bits per heavy atom. The monoisotopic (exact) mass is 261 g/mol. The molecule has 1 aliphatic rings. The number of thiocarbonyl (C=S) groups is 1. The van der Waals surface area contributed by atoms with Crippen LogP contribution in [0.25, 0.3) is 0 Å². The summed E-state index contributed by atoms with van der Waals surface area (Å²) >= 11 is 6.77. The third-order valence-corrected chi connectivity index (χ3v) is 4.06. The minimum absolute atomic E-state index is 0.174. The Labute approximate surface area is 107 Å². The van der Waals surface area contributed by atoms with Gasteiger partial charge in [-0.3, -0.25) is 4.79 Å². The van der Waals surface area contributed by atoms with Crippen molar-refractivity contribution >= 4 is 34.3 Å². The van der Waals surface area contributed by atoms with E-state index >= 15 is 0 Å². The Bertz CT molecular complexity index is 252. The molecule has 0 saturated carbocycles. The zero-order valence-electron chi connectivity index (χ0n) is 9.90. The van der Waals surface area contributed by atoms with Crippen LogP contribution in [0.3, 0.4) is 0 Å². The molecule has 1 atom stereocenters. The van der Waals surface area contributed by atoms with Crippen molar-refractivity contribution in [1.82, 2.24) is 4.90 Å². The highest BCUT2D eigenvalue weighted by Gasteiger charge is 2.21. The van der Waals surface area contributed by atoms with Gasteiger partial charge in [0.25, 0.3) is 0 Å². The van der Waals surface area contributed by atoms with Crippen LogP contribution < -0.4 is 0 Å². The molecule has 0 N–H and O–H groups in total. The van der Waals surface area contributed by atoms with Crippen LogP contribution in [0.15, 0.2) is 0 Å². The molecule has 1 unspecified atom stereocenters. The van der Waals surface area contributed by atoms with Gasteiger partial charge >= 0.3 is 5.97 Å². The van der Waals surface area contributed by atoms with Gasteiger partial charge in [0.05, 0.1) is 6.61 Å². The number of esters is 1. The summed E-state index contributed by atoms with van der Waals surface area (Å²) in [6.07, 6.45) is 3.69. The molecule has 92 valence electrons. The molecule has 0 aromatic carbocycles. The molecule has 1 heterocycles. The second kappa shape index (κ2) is 7.12. The van der Waals surface area contributed by atoms with E-state index in [2.05, 4.69) is 4.90 Å². The third kappa shape index (κ3) is 4.29. The molecule has 5 heteroatoms. The van der Waals surface area contributed by atoms with Gasteiger partial charge in [-0.25, -0.2) is 0 Å². The van der Waals surface area contributed by atoms with Gasteiger partial charge in [0, 0.05) is 13.1 Å². The first-order chi connectivity index (χ1) is 7.65. The molecule has 0 spiro atoms. The number of piperidine rings is 1. The molecule has 0 radical (unpaired) electrons. The summed E-state index contributed by atoms with van der Waals surface area (Å²) in [5.74, 6) is -0.174. The molecule has 0 aromatic rings. The fraction of sp³-hybridized carbons (Fsp3) is 0.818. The summed E-state index contributed by atoms with van der Waals surface area (Å²) in [5.41, 5.74) is 0. The molecule has 1 aliphatic heterocycles. The first-order valence-corrected chi connectivity index (χ1v) is 7.06. The van der Waals surface area contributed by atoms with Crippen LogP contribution in [0.2, 0.25) is 0 Å². The largest absolute Gasteiger partial charge is 0.465 e. The van der Waals surface area contributed by atoms with Crippen molar-refractivity contribution in [2.24, 2.45) is 0 Å². The second-order valence-corrected chi connectivity index (χ2v) is 5.80. The molecule has 1 fully saturated rings. The quantitative estimate of drug-likeness (QED) is 0.575. The number of likely N-dealkylation sites (tertiary alicyclic amines) is 1. The van der Waals surface area contributed by atoms with Gasteiger partial charge in [-0.15, -0.1) is 0 Å². The maximum atomic E-state index is 11.4. The van der Waals surface area contributed by atoms with E-state index in [-0.39, 0.29) is 11.2 Å². The Kier molecular flexibility index (Phi) is 6.13. The van der Waals surface area contributed by atoms with Gasteiger partial charge in [0.15, 0.2) is 0 Å². The van der Waals surface area contributed by atoms with Crippen molar-refractivity contribution in [3.8, 4) is 0 Å². The molecule has 0 aliphatic carbocycles. The number of thioether (sulfide) groups is 1. The highest BCUT2D eigenvalue weighted by Crippen LogP contribution is 2.20. The van der Waals surface area contributed by atoms with Crippen LogP contribution in [0.4, 0.5) is 0 Å². The van der Waals surface area contributed by atoms with Crippen molar-refractivity contribution in [3.63, 3.8) is 0 Å². The van der Waals surface area contributed by atoms with E-state index in [0.717, 1.165) is 17.4 Å². The van der Waals surface area contributed by atoms with E-state index in [1.807, 2.05) is 13.8 Å². The van der Waals surface area contributed by atoms with E-state index < -0.39 is 0 Å².